The molecule has 4 rings (SSSR count). The Bertz CT molecular complexity index is 1140. The smallest absolute Gasteiger partial charge is 0.251 e. The molecule has 158 valence electrons. The molecule has 31 heavy (non-hydrogen) atoms. The third-order valence-corrected chi connectivity index (χ3v) is 5.75. The fourth-order valence-corrected chi connectivity index (χ4v) is 3.88. The van der Waals surface area contributed by atoms with Crippen LogP contribution >= 0.6 is 11.3 Å². The molecule has 2 heterocycles. The summed E-state index contributed by atoms with van der Waals surface area (Å²) in [5, 5.41) is 9.61. The van der Waals surface area contributed by atoms with Crippen LogP contribution in [0.4, 0.5) is 0 Å². The summed E-state index contributed by atoms with van der Waals surface area (Å²) in [6.07, 6.45) is 0. The molecule has 0 aliphatic heterocycles. The van der Waals surface area contributed by atoms with E-state index in [0.29, 0.717) is 31.0 Å². The predicted molar refractivity (Wildman–Crippen MR) is 121 cm³/mol. The number of ether oxygens (including phenoxy) is 1. The number of hydrogen-bond donors (Lipinski definition) is 1. The van der Waals surface area contributed by atoms with Crippen LogP contribution in [0.1, 0.15) is 38.6 Å². The Balaban J connectivity index is 1.35. The summed E-state index contributed by atoms with van der Waals surface area (Å²) in [6.45, 7) is 5.58. The van der Waals surface area contributed by atoms with Crippen molar-refractivity contribution in [3.8, 4) is 5.75 Å². The molecule has 0 fully saturated rings. The minimum absolute atomic E-state index is 0.124. The van der Waals surface area contributed by atoms with Crippen molar-refractivity contribution < 1.29 is 9.53 Å². The quantitative estimate of drug-likeness (QED) is 0.445. The van der Waals surface area contributed by atoms with Gasteiger partial charge in [-0.2, -0.15) is 5.10 Å². The van der Waals surface area contributed by atoms with E-state index in [1.165, 1.54) is 16.9 Å². The molecule has 0 atom stereocenters. The molecule has 6 nitrogen and oxygen atoms in total. The number of hydrogen-bond acceptors (Lipinski definition) is 5. The second-order valence-electron chi connectivity index (χ2n) is 7.27. The number of carbonyl (C=O) groups is 1. The van der Waals surface area contributed by atoms with E-state index in [1.54, 1.807) is 29.8 Å². The van der Waals surface area contributed by atoms with Crippen molar-refractivity contribution in [1.82, 2.24) is 20.1 Å². The number of carbonyl (C=O) groups excluding carboxylic acids is 1. The first-order valence-corrected chi connectivity index (χ1v) is 11.0. The van der Waals surface area contributed by atoms with Crippen LogP contribution in [0, 0.1) is 13.8 Å². The van der Waals surface area contributed by atoms with E-state index in [9.17, 15) is 4.79 Å². The van der Waals surface area contributed by atoms with Gasteiger partial charge >= 0.3 is 0 Å². The Labute approximate surface area is 185 Å². The Hall–Kier alpha value is -3.45. The van der Waals surface area contributed by atoms with Crippen LogP contribution in [0.2, 0.25) is 0 Å². The van der Waals surface area contributed by atoms with E-state index in [1.807, 2.05) is 42.1 Å². The topological polar surface area (TPSA) is 69.0 Å². The van der Waals surface area contributed by atoms with Gasteiger partial charge in [-0.05, 0) is 43.7 Å². The van der Waals surface area contributed by atoms with E-state index < -0.39 is 0 Å². The van der Waals surface area contributed by atoms with Crippen molar-refractivity contribution in [2.75, 3.05) is 0 Å². The largest absolute Gasteiger partial charge is 0.487 e. The van der Waals surface area contributed by atoms with E-state index in [0.717, 1.165) is 22.6 Å². The number of nitrogens with zero attached hydrogens (tertiary/aromatic N) is 3. The van der Waals surface area contributed by atoms with E-state index >= 15 is 0 Å². The first-order chi connectivity index (χ1) is 15.1. The molecule has 7 heteroatoms. The third-order valence-electron chi connectivity index (χ3n) is 5.12. The van der Waals surface area contributed by atoms with Gasteiger partial charge in [-0.1, -0.05) is 30.3 Å². The molecule has 0 aliphatic carbocycles. The fraction of sp³-hybridized carbons (Fsp3) is 0.208. The number of amides is 1. The predicted octanol–water partition coefficient (Wildman–Crippen LogP) is 4.51. The summed E-state index contributed by atoms with van der Waals surface area (Å²) in [5.74, 6) is 0.582. The minimum atomic E-state index is -0.124. The van der Waals surface area contributed by atoms with Crippen molar-refractivity contribution in [3.05, 3.63) is 99.3 Å². The van der Waals surface area contributed by atoms with Gasteiger partial charge in [0.2, 0.25) is 0 Å². The zero-order chi connectivity index (χ0) is 21.6. The maximum absolute atomic E-state index is 12.6. The Morgan fingerprint density at radius 1 is 1.10 bits per heavy atom. The van der Waals surface area contributed by atoms with Gasteiger partial charge in [0.25, 0.3) is 5.91 Å². The van der Waals surface area contributed by atoms with Crippen molar-refractivity contribution >= 4 is 17.2 Å². The van der Waals surface area contributed by atoms with Gasteiger partial charge in [0.1, 0.15) is 12.4 Å². The van der Waals surface area contributed by atoms with Gasteiger partial charge < -0.3 is 10.1 Å². The molecule has 2 aromatic carbocycles. The van der Waals surface area contributed by atoms with E-state index in [2.05, 4.69) is 27.5 Å². The van der Waals surface area contributed by atoms with Crippen LogP contribution in [0.15, 0.2) is 65.5 Å². The van der Waals surface area contributed by atoms with Gasteiger partial charge in [-0.3, -0.25) is 9.48 Å². The summed E-state index contributed by atoms with van der Waals surface area (Å²) < 4.78 is 7.69. The molecule has 0 aliphatic rings. The third kappa shape index (κ3) is 5.19. The highest BCUT2D eigenvalue weighted by atomic mass is 32.1. The molecule has 1 amide bonds. The maximum atomic E-state index is 12.6. The average Bonchev–Trinajstić information content (AvgIpc) is 3.40. The summed E-state index contributed by atoms with van der Waals surface area (Å²) in [6, 6.07) is 17.4. The highest BCUT2D eigenvalue weighted by molar-refractivity contribution is 7.07. The highest BCUT2D eigenvalue weighted by Gasteiger charge is 2.14. The fourth-order valence-electron chi connectivity index (χ4n) is 3.34. The molecule has 0 radical (unpaired) electrons. The first kappa shape index (κ1) is 20.8. The standard InChI is InChI=1S/C24H24N4O2S/c1-17-23(18(2)28(27-17)13-19-6-4-3-5-7-19)12-25-24(29)20-8-10-22(11-9-20)30-14-21-15-31-16-26-21/h3-11,15-16H,12-14H2,1-2H3,(H,25,29). The highest BCUT2D eigenvalue weighted by Crippen LogP contribution is 2.17. The molecular formula is C24H24N4O2S. The molecular weight excluding hydrogens is 408 g/mol. The Kier molecular flexibility index (Phi) is 6.43. The number of benzene rings is 2. The molecule has 0 saturated heterocycles. The van der Waals surface area contributed by atoms with Crippen LogP contribution in [0.3, 0.4) is 0 Å². The maximum Gasteiger partial charge on any atom is 0.251 e. The summed E-state index contributed by atoms with van der Waals surface area (Å²) in [7, 11) is 0. The molecule has 0 unspecified atom stereocenters. The van der Waals surface area contributed by atoms with Crippen LogP contribution in [-0.4, -0.2) is 20.7 Å². The SMILES string of the molecule is Cc1nn(Cc2ccccc2)c(C)c1CNC(=O)c1ccc(OCc2cscn2)cc1. The lowest BCUT2D eigenvalue weighted by atomic mass is 10.1. The molecule has 0 saturated carbocycles. The second kappa shape index (κ2) is 9.57. The number of nitrogens with one attached hydrogen (secondary N) is 1. The van der Waals surface area contributed by atoms with Crippen molar-refractivity contribution in [2.45, 2.75) is 33.5 Å². The number of aromatic nitrogens is 3. The van der Waals surface area contributed by atoms with E-state index in [-0.39, 0.29) is 5.91 Å². The summed E-state index contributed by atoms with van der Waals surface area (Å²) >= 11 is 1.54. The van der Waals surface area contributed by atoms with Crippen molar-refractivity contribution in [1.29, 1.82) is 0 Å². The van der Waals surface area contributed by atoms with Crippen molar-refractivity contribution in [2.24, 2.45) is 0 Å². The number of rotatable bonds is 8. The van der Waals surface area contributed by atoms with Gasteiger partial charge in [0, 0.05) is 28.7 Å². The second-order valence-corrected chi connectivity index (χ2v) is 7.99. The lowest BCUT2D eigenvalue weighted by molar-refractivity contribution is 0.0951. The zero-order valence-electron chi connectivity index (χ0n) is 17.5. The van der Waals surface area contributed by atoms with Crippen molar-refractivity contribution in [3.63, 3.8) is 0 Å². The van der Waals surface area contributed by atoms with Gasteiger partial charge in [0.05, 0.1) is 23.4 Å². The summed E-state index contributed by atoms with van der Waals surface area (Å²) in [5.41, 5.74) is 7.50. The molecule has 1 N–H and O–H groups in total. The molecule has 4 aromatic rings. The van der Waals surface area contributed by atoms with Crippen LogP contribution in [0.5, 0.6) is 5.75 Å². The summed E-state index contributed by atoms with van der Waals surface area (Å²) in [4.78, 5) is 16.8. The Morgan fingerprint density at radius 2 is 1.87 bits per heavy atom. The Morgan fingerprint density at radius 3 is 2.58 bits per heavy atom. The van der Waals surface area contributed by atoms with Gasteiger partial charge in [-0.15, -0.1) is 11.3 Å². The monoisotopic (exact) mass is 432 g/mol. The molecule has 0 spiro atoms. The average molecular weight is 433 g/mol. The van der Waals surface area contributed by atoms with E-state index in [4.69, 9.17) is 4.74 Å². The molecule has 2 aromatic heterocycles. The van der Waals surface area contributed by atoms with Gasteiger partial charge in [-0.25, -0.2) is 4.98 Å². The normalized spacial score (nSPS) is 10.8. The van der Waals surface area contributed by atoms with Crippen LogP contribution in [0.25, 0.3) is 0 Å². The minimum Gasteiger partial charge on any atom is -0.487 e. The zero-order valence-corrected chi connectivity index (χ0v) is 18.4. The lowest BCUT2D eigenvalue weighted by Gasteiger charge is -2.08. The number of aryl methyl sites for hydroxylation is 1. The lowest BCUT2D eigenvalue weighted by Crippen LogP contribution is -2.23. The van der Waals surface area contributed by atoms with Gasteiger partial charge in [0.15, 0.2) is 0 Å². The first-order valence-electron chi connectivity index (χ1n) is 10.0. The van der Waals surface area contributed by atoms with Crippen LogP contribution in [-0.2, 0) is 19.7 Å². The molecule has 0 bridgehead atoms. The number of thiazole rings is 1. The van der Waals surface area contributed by atoms with Crippen LogP contribution < -0.4 is 10.1 Å².